The van der Waals surface area contributed by atoms with E-state index in [0.29, 0.717) is 11.4 Å². The predicted molar refractivity (Wildman–Crippen MR) is 52.1 cm³/mol. The first-order valence-corrected chi connectivity index (χ1v) is 4.19. The number of ether oxygens (including phenoxy) is 1. The number of aryl methyl sites for hydroxylation is 1. The normalized spacial score (nSPS) is 10.1. The first kappa shape index (κ1) is 8.57. The van der Waals surface area contributed by atoms with Crippen molar-refractivity contribution < 1.29 is 4.74 Å². The smallest absolute Gasteiger partial charge is 0.233 e. The van der Waals surface area contributed by atoms with Gasteiger partial charge in [-0.15, -0.1) is 0 Å². The van der Waals surface area contributed by atoms with Crippen LogP contribution in [0.5, 0.6) is 5.88 Å². The predicted octanol–water partition coefficient (Wildman–Crippen LogP) is 1.75. The minimum absolute atomic E-state index is 0.363. The van der Waals surface area contributed by atoms with E-state index in [2.05, 4.69) is 16.0 Å². The monoisotopic (exact) mass is 187 g/mol. The summed E-state index contributed by atoms with van der Waals surface area (Å²) < 4.78 is 5.00. The summed E-state index contributed by atoms with van der Waals surface area (Å²) in [5, 5.41) is 9.82. The van der Waals surface area contributed by atoms with Crippen molar-refractivity contribution in [1.82, 2.24) is 9.97 Å². The Kier molecular flexibility index (Phi) is 1.86. The van der Waals surface area contributed by atoms with Crippen LogP contribution in [0, 0.1) is 18.3 Å². The highest BCUT2D eigenvalue weighted by molar-refractivity contribution is 5.81. The van der Waals surface area contributed by atoms with Gasteiger partial charge in [-0.1, -0.05) is 0 Å². The van der Waals surface area contributed by atoms with Crippen molar-refractivity contribution in [3.8, 4) is 11.9 Å². The third kappa shape index (κ3) is 1.11. The average molecular weight is 187 g/mol. The number of H-pyrrole nitrogens is 1. The van der Waals surface area contributed by atoms with E-state index in [4.69, 9.17) is 10.00 Å². The van der Waals surface area contributed by atoms with Crippen LogP contribution < -0.4 is 4.74 Å². The molecule has 70 valence electrons. The van der Waals surface area contributed by atoms with Crippen LogP contribution in [0.15, 0.2) is 12.3 Å². The molecule has 0 aromatic carbocycles. The van der Waals surface area contributed by atoms with Crippen LogP contribution in [0.4, 0.5) is 0 Å². The van der Waals surface area contributed by atoms with Crippen molar-refractivity contribution >= 4 is 11.0 Å². The van der Waals surface area contributed by atoms with E-state index < -0.39 is 0 Å². The van der Waals surface area contributed by atoms with Crippen LogP contribution >= 0.6 is 0 Å². The Bertz CT molecular complexity index is 522. The second-order valence-electron chi connectivity index (χ2n) is 3.02. The zero-order valence-corrected chi connectivity index (χ0v) is 7.96. The summed E-state index contributed by atoms with van der Waals surface area (Å²) in [6.45, 7) is 1.97. The molecule has 14 heavy (non-hydrogen) atoms. The molecule has 0 atom stereocenters. The van der Waals surface area contributed by atoms with Crippen LogP contribution in [-0.2, 0) is 0 Å². The van der Waals surface area contributed by atoms with Gasteiger partial charge in [0.15, 0.2) is 0 Å². The first-order chi connectivity index (χ1) is 6.76. The lowest BCUT2D eigenvalue weighted by atomic mass is 10.2. The fourth-order valence-electron chi connectivity index (χ4n) is 1.40. The molecule has 0 unspecified atom stereocenters. The zero-order valence-electron chi connectivity index (χ0n) is 7.96. The van der Waals surface area contributed by atoms with E-state index in [9.17, 15) is 0 Å². The number of fused-ring (bicyclic) bond motifs is 1. The lowest BCUT2D eigenvalue weighted by Crippen LogP contribution is -1.92. The molecule has 0 radical (unpaired) electrons. The molecule has 0 spiro atoms. The number of hydrogen-bond acceptors (Lipinski definition) is 3. The number of aromatic nitrogens is 2. The van der Waals surface area contributed by atoms with Gasteiger partial charge in [0.05, 0.1) is 7.11 Å². The number of rotatable bonds is 1. The maximum atomic E-state index is 8.86. The molecular formula is C10H9N3O. The van der Waals surface area contributed by atoms with Gasteiger partial charge in [0.25, 0.3) is 0 Å². The third-order valence-electron chi connectivity index (χ3n) is 2.15. The van der Waals surface area contributed by atoms with Gasteiger partial charge in [-0.2, -0.15) is 10.2 Å². The van der Waals surface area contributed by atoms with Gasteiger partial charge in [-0.25, -0.2) is 0 Å². The van der Waals surface area contributed by atoms with E-state index in [-0.39, 0.29) is 0 Å². The molecule has 0 aliphatic heterocycles. The molecule has 4 heteroatoms. The number of methoxy groups -OCH3 is 1. The highest BCUT2D eigenvalue weighted by Crippen LogP contribution is 2.22. The molecule has 4 nitrogen and oxygen atoms in total. The van der Waals surface area contributed by atoms with Crippen LogP contribution in [0.3, 0.4) is 0 Å². The Morgan fingerprint density at radius 3 is 3.00 bits per heavy atom. The maximum absolute atomic E-state index is 8.86. The molecule has 0 amide bonds. The Hall–Kier alpha value is -2.02. The van der Waals surface area contributed by atoms with Gasteiger partial charge in [0.2, 0.25) is 5.88 Å². The number of aromatic amines is 1. The highest BCUT2D eigenvalue weighted by Gasteiger charge is 2.08. The molecule has 1 N–H and O–H groups in total. The lowest BCUT2D eigenvalue weighted by molar-refractivity contribution is 0.398. The van der Waals surface area contributed by atoms with Crippen LogP contribution in [0.25, 0.3) is 11.0 Å². The number of nitrogens with zero attached hydrogens (tertiary/aromatic N) is 2. The van der Waals surface area contributed by atoms with Gasteiger partial charge < -0.3 is 9.72 Å². The Labute approximate surface area is 81.1 Å². The highest BCUT2D eigenvalue weighted by atomic mass is 16.5. The van der Waals surface area contributed by atoms with Crippen LogP contribution in [0.1, 0.15) is 11.1 Å². The summed E-state index contributed by atoms with van der Waals surface area (Å²) in [7, 11) is 1.50. The fraction of sp³-hybridized carbons (Fsp3) is 0.200. The third-order valence-corrected chi connectivity index (χ3v) is 2.15. The SMILES string of the molecule is COc1nc2[nH]cc(C)c2cc1C#N. The molecule has 2 heterocycles. The van der Waals surface area contributed by atoms with E-state index in [0.717, 1.165) is 16.6 Å². The molecule has 0 bridgehead atoms. The quantitative estimate of drug-likeness (QED) is 0.739. The molecule has 0 fully saturated rings. The van der Waals surface area contributed by atoms with Gasteiger partial charge in [-0.05, 0) is 18.6 Å². The minimum atomic E-state index is 0.363. The largest absolute Gasteiger partial charge is 0.480 e. The summed E-state index contributed by atoms with van der Waals surface area (Å²) in [4.78, 5) is 7.20. The van der Waals surface area contributed by atoms with E-state index >= 15 is 0 Å². The summed E-state index contributed by atoms with van der Waals surface area (Å²) in [5.74, 6) is 0.363. The van der Waals surface area contributed by atoms with E-state index in [1.54, 1.807) is 6.07 Å². The maximum Gasteiger partial charge on any atom is 0.233 e. The van der Waals surface area contributed by atoms with Crippen molar-refractivity contribution in [1.29, 1.82) is 5.26 Å². The molecular weight excluding hydrogens is 178 g/mol. The van der Waals surface area contributed by atoms with Crippen molar-refractivity contribution in [3.05, 3.63) is 23.4 Å². The molecule has 0 saturated heterocycles. The van der Waals surface area contributed by atoms with Crippen molar-refractivity contribution in [2.45, 2.75) is 6.92 Å². The summed E-state index contributed by atoms with van der Waals surface area (Å²) in [5.41, 5.74) is 2.28. The van der Waals surface area contributed by atoms with Gasteiger partial charge in [-0.3, -0.25) is 0 Å². The molecule has 2 aromatic rings. The van der Waals surface area contributed by atoms with Gasteiger partial charge in [0, 0.05) is 11.6 Å². The second-order valence-corrected chi connectivity index (χ2v) is 3.02. The Morgan fingerprint density at radius 2 is 2.36 bits per heavy atom. The van der Waals surface area contributed by atoms with Crippen molar-refractivity contribution in [2.24, 2.45) is 0 Å². The number of hydrogen-bond donors (Lipinski definition) is 1. The van der Waals surface area contributed by atoms with E-state index in [1.807, 2.05) is 13.1 Å². The zero-order chi connectivity index (χ0) is 10.1. The summed E-state index contributed by atoms with van der Waals surface area (Å²) >= 11 is 0. The lowest BCUT2D eigenvalue weighted by Gasteiger charge is -2.00. The van der Waals surface area contributed by atoms with Gasteiger partial charge in [0.1, 0.15) is 17.3 Å². The van der Waals surface area contributed by atoms with Crippen LogP contribution in [-0.4, -0.2) is 17.1 Å². The van der Waals surface area contributed by atoms with Gasteiger partial charge >= 0.3 is 0 Å². The topological polar surface area (TPSA) is 61.7 Å². The molecule has 2 rings (SSSR count). The molecule has 0 aliphatic rings. The first-order valence-electron chi connectivity index (χ1n) is 4.19. The van der Waals surface area contributed by atoms with Crippen molar-refractivity contribution in [2.75, 3.05) is 7.11 Å². The molecule has 0 saturated carbocycles. The number of nitrogens with one attached hydrogen (secondary N) is 1. The summed E-state index contributed by atoms with van der Waals surface area (Å²) in [6, 6.07) is 3.84. The van der Waals surface area contributed by atoms with E-state index in [1.165, 1.54) is 7.11 Å². The van der Waals surface area contributed by atoms with Crippen LogP contribution in [0.2, 0.25) is 0 Å². The number of pyridine rings is 1. The average Bonchev–Trinajstić information content (AvgIpc) is 2.58. The Morgan fingerprint density at radius 1 is 1.57 bits per heavy atom. The molecule has 0 aliphatic carbocycles. The fourth-order valence-corrected chi connectivity index (χ4v) is 1.40. The number of nitriles is 1. The second kappa shape index (κ2) is 3.04. The standard InChI is InChI=1S/C10H9N3O/c1-6-5-12-9-8(6)3-7(4-11)10(13-9)14-2/h3,5H,1-2H3,(H,12,13). The Balaban J connectivity index is 2.79. The van der Waals surface area contributed by atoms with Crippen molar-refractivity contribution in [3.63, 3.8) is 0 Å². The molecule has 2 aromatic heterocycles. The minimum Gasteiger partial charge on any atom is -0.480 e. The summed E-state index contributed by atoms with van der Waals surface area (Å²) in [6.07, 6.45) is 1.86.